The van der Waals surface area contributed by atoms with Crippen molar-refractivity contribution in [2.75, 3.05) is 32.3 Å². The molecule has 0 heterocycles. The van der Waals surface area contributed by atoms with Crippen molar-refractivity contribution >= 4 is 23.3 Å². The molecule has 6 nitrogen and oxygen atoms in total. The Kier molecular flexibility index (Phi) is 4.74. The summed E-state index contributed by atoms with van der Waals surface area (Å²) >= 11 is 0. The number of benzene rings is 1. The lowest BCUT2D eigenvalue weighted by Gasteiger charge is -2.18. The Hall–Kier alpha value is -2.24. The molecule has 19 heavy (non-hydrogen) atoms. The highest BCUT2D eigenvalue weighted by Gasteiger charge is 2.18. The Morgan fingerprint density at radius 2 is 2.00 bits per heavy atom. The van der Waals surface area contributed by atoms with E-state index < -0.39 is 12.0 Å². The van der Waals surface area contributed by atoms with Crippen LogP contribution < -0.4 is 11.1 Å². The minimum Gasteiger partial charge on any atom is -0.467 e. The summed E-state index contributed by atoms with van der Waals surface area (Å²) < 4.78 is 4.63. The number of nitrogens with zero attached hydrogens (tertiary/aromatic N) is 1. The molecule has 1 aromatic carbocycles. The third-order valence-corrected chi connectivity index (χ3v) is 2.61. The monoisotopic (exact) mass is 265 g/mol. The molecule has 6 heteroatoms. The van der Waals surface area contributed by atoms with Crippen LogP contribution in [0.2, 0.25) is 0 Å². The molecule has 0 fully saturated rings. The highest BCUT2D eigenvalue weighted by atomic mass is 16.5. The molecule has 1 unspecified atom stereocenters. The molecule has 0 saturated heterocycles. The normalized spacial score (nSPS) is 11.6. The minimum atomic E-state index is -0.569. The van der Waals surface area contributed by atoms with Gasteiger partial charge < -0.3 is 20.7 Å². The lowest BCUT2D eigenvalue weighted by atomic mass is 10.1. The number of ether oxygens (including phenoxy) is 1. The highest BCUT2D eigenvalue weighted by Crippen LogP contribution is 2.21. The van der Waals surface area contributed by atoms with Crippen molar-refractivity contribution in [1.29, 1.82) is 0 Å². The lowest BCUT2D eigenvalue weighted by molar-refractivity contribution is -0.141. The van der Waals surface area contributed by atoms with Crippen LogP contribution in [0.3, 0.4) is 0 Å². The molecule has 0 saturated carbocycles. The molecule has 0 aliphatic carbocycles. The number of amides is 1. The highest BCUT2D eigenvalue weighted by molar-refractivity contribution is 6.00. The minimum absolute atomic E-state index is 0.167. The molecule has 0 aromatic heterocycles. The summed E-state index contributed by atoms with van der Waals surface area (Å²) in [4.78, 5) is 24.9. The predicted octanol–water partition coefficient (Wildman–Crippen LogP) is 0.944. The fourth-order valence-corrected chi connectivity index (χ4v) is 1.58. The van der Waals surface area contributed by atoms with Crippen molar-refractivity contribution in [3.8, 4) is 0 Å². The second-order valence-corrected chi connectivity index (χ2v) is 4.39. The van der Waals surface area contributed by atoms with Crippen LogP contribution in [0.4, 0.5) is 11.4 Å². The molecular weight excluding hydrogens is 246 g/mol. The second kappa shape index (κ2) is 6.08. The standard InChI is InChI=1S/C13H19N3O3/c1-8(13(18)19-4)15-11-7-9(14)5-6-10(11)12(17)16(2)3/h5-8,15H,14H2,1-4H3. The lowest BCUT2D eigenvalue weighted by Crippen LogP contribution is -2.29. The van der Waals surface area contributed by atoms with E-state index in [0.717, 1.165) is 0 Å². The Labute approximate surface area is 112 Å². The molecule has 1 atom stereocenters. The first-order chi connectivity index (χ1) is 8.86. The van der Waals surface area contributed by atoms with Gasteiger partial charge in [-0.1, -0.05) is 0 Å². The topological polar surface area (TPSA) is 84.7 Å². The van der Waals surface area contributed by atoms with Crippen LogP contribution in [-0.4, -0.2) is 44.0 Å². The molecule has 104 valence electrons. The predicted molar refractivity (Wildman–Crippen MR) is 74.0 cm³/mol. The maximum Gasteiger partial charge on any atom is 0.327 e. The number of anilines is 2. The number of rotatable bonds is 4. The zero-order valence-corrected chi connectivity index (χ0v) is 11.6. The smallest absolute Gasteiger partial charge is 0.327 e. The number of nitrogens with one attached hydrogen (secondary N) is 1. The number of carbonyl (C=O) groups is 2. The molecule has 0 bridgehead atoms. The summed E-state index contributed by atoms with van der Waals surface area (Å²) in [6, 6.07) is 4.32. The number of carbonyl (C=O) groups excluding carboxylic acids is 2. The van der Waals surface area contributed by atoms with E-state index in [-0.39, 0.29) is 5.91 Å². The van der Waals surface area contributed by atoms with Gasteiger partial charge in [-0.2, -0.15) is 0 Å². The number of nitrogens with two attached hydrogens (primary N) is 1. The average molecular weight is 265 g/mol. The summed E-state index contributed by atoms with van der Waals surface area (Å²) in [5.41, 5.74) is 7.18. The molecule has 1 amide bonds. The van der Waals surface area contributed by atoms with E-state index in [1.165, 1.54) is 12.0 Å². The van der Waals surface area contributed by atoms with Gasteiger partial charge in [0.05, 0.1) is 12.7 Å². The second-order valence-electron chi connectivity index (χ2n) is 4.39. The van der Waals surface area contributed by atoms with Gasteiger partial charge in [-0.25, -0.2) is 4.79 Å². The summed E-state index contributed by atoms with van der Waals surface area (Å²) in [5.74, 6) is -0.578. The van der Waals surface area contributed by atoms with Crippen LogP contribution in [0.5, 0.6) is 0 Å². The summed E-state index contributed by atoms with van der Waals surface area (Å²) in [6.45, 7) is 1.65. The van der Waals surface area contributed by atoms with E-state index in [0.29, 0.717) is 16.9 Å². The molecule has 3 N–H and O–H groups in total. The Balaban J connectivity index is 3.07. The first kappa shape index (κ1) is 14.8. The largest absolute Gasteiger partial charge is 0.467 e. The Morgan fingerprint density at radius 1 is 1.37 bits per heavy atom. The van der Waals surface area contributed by atoms with Gasteiger partial charge in [-0.15, -0.1) is 0 Å². The third kappa shape index (κ3) is 3.61. The van der Waals surface area contributed by atoms with E-state index in [9.17, 15) is 9.59 Å². The fraction of sp³-hybridized carbons (Fsp3) is 0.385. The maximum atomic E-state index is 12.0. The average Bonchev–Trinajstić information content (AvgIpc) is 2.37. The maximum absolute atomic E-state index is 12.0. The number of esters is 1. The quantitative estimate of drug-likeness (QED) is 0.625. The number of hydrogen-bond donors (Lipinski definition) is 2. The van der Waals surface area contributed by atoms with Crippen LogP contribution in [-0.2, 0) is 9.53 Å². The van der Waals surface area contributed by atoms with E-state index in [1.807, 2.05) is 0 Å². The van der Waals surface area contributed by atoms with Crippen molar-refractivity contribution in [2.45, 2.75) is 13.0 Å². The molecule has 0 aliphatic heterocycles. The van der Waals surface area contributed by atoms with Gasteiger partial charge in [0.25, 0.3) is 5.91 Å². The zero-order valence-electron chi connectivity index (χ0n) is 11.6. The van der Waals surface area contributed by atoms with E-state index in [4.69, 9.17) is 5.73 Å². The molecule has 1 rings (SSSR count). The van der Waals surface area contributed by atoms with Gasteiger partial charge >= 0.3 is 5.97 Å². The van der Waals surface area contributed by atoms with E-state index >= 15 is 0 Å². The van der Waals surface area contributed by atoms with Crippen molar-refractivity contribution in [3.05, 3.63) is 23.8 Å². The third-order valence-electron chi connectivity index (χ3n) is 2.61. The van der Waals surface area contributed by atoms with Gasteiger partial charge in [-0.3, -0.25) is 4.79 Å². The summed E-state index contributed by atoms with van der Waals surface area (Å²) in [7, 11) is 4.63. The molecule has 0 radical (unpaired) electrons. The fourth-order valence-electron chi connectivity index (χ4n) is 1.58. The van der Waals surface area contributed by atoms with Gasteiger partial charge in [0.1, 0.15) is 6.04 Å². The molecule has 0 aliphatic rings. The van der Waals surface area contributed by atoms with Crippen LogP contribution in [0.1, 0.15) is 17.3 Å². The first-order valence-corrected chi connectivity index (χ1v) is 5.82. The van der Waals surface area contributed by atoms with Crippen molar-refractivity contribution in [3.63, 3.8) is 0 Å². The van der Waals surface area contributed by atoms with Gasteiger partial charge in [0.2, 0.25) is 0 Å². The summed E-state index contributed by atoms with van der Waals surface area (Å²) in [6.07, 6.45) is 0. The van der Waals surface area contributed by atoms with E-state index in [2.05, 4.69) is 10.1 Å². The van der Waals surface area contributed by atoms with Gasteiger partial charge in [-0.05, 0) is 25.1 Å². The van der Waals surface area contributed by atoms with Crippen molar-refractivity contribution in [1.82, 2.24) is 4.90 Å². The van der Waals surface area contributed by atoms with Crippen LogP contribution >= 0.6 is 0 Å². The zero-order chi connectivity index (χ0) is 14.6. The van der Waals surface area contributed by atoms with Gasteiger partial charge in [0, 0.05) is 25.5 Å². The SMILES string of the molecule is COC(=O)C(C)Nc1cc(N)ccc1C(=O)N(C)C. The van der Waals surface area contributed by atoms with Crippen LogP contribution in [0.15, 0.2) is 18.2 Å². The number of nitrogen functional groups attached to an aromatic ring is 1. The van der Waals surface area contributed by atoms with Gasteiger partial charge in [0.15, 0.2) is 0 Å². The molecule has 1 aromatic rings. The molecular formula is C13H19N3O3. The summed E-state index contributed by atoms with van der Waals surface area (Å²) in [5, 5.41) is 2.94. The van der Waals surface area contributed by atoms with Crippen LogP contribution in [0.25, 0.3) is 0 Å². The van der Waals surface area contributed by atoms with Crippen molar-refractivity contribution in [2.24, 2.45) is 0 Å². The first-order valence-electron chi connectivity index (χ1n) is 5.82. The molecule has 0 spiro atoms. The van der Waals surface area contributed by atoms with E-state index in [1.54, 1.807) is 39.2 Å². The van der Waals surface area contributed by atoms with Crippen LogP contribution in [0, 0.1) is 0 Å². The number of methoxy groups -OCH3 is 1. The Morgan fingerprint density at radius 3 is 2.53 bits per heavy atom. The Bertz CT molecular complexity index is 486. The van der Waals surface area contributed by atoms with Crippen molar-refractivity contribution < 1.29 is 14.3 Å². The number of hydrogen-bond acceptors (Lipinski definition) is 5.